The Morgan fingerprint density at radius 1 is 1.16 bits per heavy atom. The fraction of sp³-hybridized carbons (Fsp3) is 0.381. The van der Waals surface area contributed by atoms with E-state index in [1.165, 1.54) is 52.7 Å². The van der Waals surface area contributed by atoms with E-state index in [4.69, 9.17) is 0 Å². The molecule has 0 radical (unpaired) electrons. The first-order chi connectivity index (χ1) is 15.0. The summed E-state index contributed by atoms with van der Waals surface area (Å²) in [5.74, 6) is -2.00. The van der Waals surface area contributed by atoms with Crippen molar-refractivity contribution in [2.75, 3.05) is 20.1 Å². The molecule has 0 N–H and O–H groups in total. The van der Waals surface area contributed by atoms with E-state index < -0.39 is 33.9 Å². The number of piperidine rings is 1. The largest absolute Gasteiger partial charge is 0.573 e. The zero-order chi connectivity index (χ0) is 23.5. The third kappa shape index (κ3) is 5.77. The van der Waals surface area contributed by atoms with Gasteiger partial charge < -0.3 is 9.64 Å². The standard InChI is InChI=1S/C21H22F4N2O4S/c1-26(13-15-5-2-3-7-19(15)31-21(23,24)25)20(28)16-6-4-12-27(14-16)32(29,30)18-10-8-17(22)9-11-18/h2-3,5,7-11,16H,4,6,12-14H2,1H3. The number of alkyl halides is 3. The van der Waals surface area contributed by atoms with Crippen LogP contribution >= 0.6 is 0 Å². The van der Waals surface area contributed by atoms with E-state index in [0.29, 0.717) is 12.8 Å². The fourth-order valence-corrected chi connectivity index (χ4v) is 5.15. The van der Waals surface area contributed by atoms with Crippen LogP contribution in [0.4, 0.5) is 17.6 Å². The van der Waals surface area contributed by atoms with Crippen LogP contribution in [0.2, 0.25) is 0 Å². The van der Waals surface area contributed by atoms with Crippen LogP contribution in [-0.2, 0) is 21.4 Å². The highest BCUT2D eigenvalue weighted by molar-refractivity contribution is 7.89. The topological polar surface area (TPSA) is 66.9 Å². The minimum Gasteiger partial charge on any atom is -0.405 e. The van der Waals surface area contributed by atoms with E-state index in [0.717, 1.165) is 12.1 Å². The van der Waals surface area contributed by atoms with Gasteiger partial charge in [0, 0.05) is 32.2 Å². The predicted octanol–water partition coefficient (Wildman–Crippen LogP) is 3.78. The number of carbonyl (C=O) groups excluding carboxylic acids is 1. The van der Waals surface area contributed by atoms with Crippen LogP contribution in [0.5, 0.6) is 5.75 Å². The highest BCUT2D eigenvalue weighted by atomic mass is 32.2. The molecule has 0 bridgehead atoms. The zero-order valence-electron chi connectivity index (χ0n) is 17.2. The van der Waals surface area contributed by atoms with Gasteiger partial charge in [0.15, 0.2) is 0 Å². The Balaban J connectivity index is 1.71. The molecule has 1 aliphatic rings. The number of para-hydroxylation sites is 1. The van der Waals surface area contributed by atoms with Crippen LogP contribution < -0.4 is 4.74 Å². The summed E-state index contributed by atoms with van der Waals surface area (Å²) in [7, 11) is -2.46. The molecule has 0 saturated carbocycles. The van der Waals surface area contributed by atoms with Crippen LogP contribution in [0.15, 0.2) is 53.4 Å². The van der Waals surface area contributed by atoms with E-state index in [1.54, 1.807) is 0 Å². The van der Waals surface area contributed by atoms with Crippen molar-refractivity contribution in [3.05, 3.63) is 59.9 Å². The predicted molar refractivity (Wildman–Crippen MR) is 107 cm³/mol. The van der Waals surface area contributed by atoms with E-state index in [1.807, 2.05) is 0 Å². The van der Waals surface area contributed by atoms with Crippen molar-refractivity contribution < 1.29 is 35.5 Å². The molecular formula is C21H22F4N2O4S. The Bertz CT molecular complexity index is 1060. The van der Waals surface area contributed by atoms with Gasteiger partial charge in [-0.25, -0.2) is 12.8 Å². The van der Waals surface area contributed by atoms with Crippen LogP contribution in [0.25, 0.3) is 0 Å². The number of hydrogen-bond acceptors (Lipinski definition) is 4. The van der Waals surface area contributed by atoms with E-state index in [2.05, 4.69) is 4.74 Å². The van der Waals surface area contributed by atoms with Crippen molar-refractivity contribution >= 4 is 15.9 Å². The quantitative estimate of drug-likeness (QED) is 0.598. The second-order valence-corrected chi connectivity index (χ2v) is 9.44. The summed E-state index contributed by atoms with van der Waals surface area (Å²) in [6, 6.07) is 9.96. The lowest BCUT2D eigenvalue weighted by Crippen LogP contribution is -2.45. The number of halogens is 4. The molecule has 11 heteroatoms. The van der Waals surface area contributed by atoms with Crippen molar-refractivity contribution in [2.24, 2.45) is 5.92 Å². The summed E-state index contributed by atoms with van der Waals surface area (Å²) in [5.41, 5.74) is 0.173. The summed E-state index contributed by atoms with van der Waals surface area (Å²) >= 11 is 0. The SMILES string of the molecule is CN(Cc1ccccc1OC(F)(F)F)C(=O)C1CCCN(S(=O)(=O)c2ccc(F)cc2)C1. The normalized spacial score (nSPS) is 17.7. The molecule has 2 aromatic rings. The third-order valence-electron chi connectivity index (χ3n) is 5.17. The molecule has 6 nitrogen and oxygen atoms in total. The second-order valence-electron chi connectivity index (χ2n) is 7.51. The second kappa shape index (κ2) is 9.45. The van der Waals surface area contributed by atoms with Gasteiger partial charge in [0.1, 0.15) is 11.6 Å². The lowest BCUT2D eigenvalue weighted by Gasteiger charge is -2.33. The summed E-state index contributed by atoms with van der Waals surface area (Å²) in [5, 5.41) is 0. The molecule has 1 atom stereocenters. The van der Waals surface area contributed by atoms with E-state index >= 15 is 0 Å². The smallest absolute Gasteiger partial charge is 0.405 e. The van der Waals surface area contributed by atoms with Crippen molar-refractivity contribution in [3.8, 4) is 5.75 Å². The molecule has 1 fully saturated rings. The molecule has 174 valence electrons. The van der Waals surface area contributed by atoms with Gasteiger partial charge in [-0.1, -0.05) is 18.2 Å². The number of amides is 1. The molecule has 1 unspecified atom stereocenters. The maximum atomic E-state index is 13.1. The average Bonchev–Trinajstić information content (AvgIpc) is 2.74. The minimum atomic E-state index is -4.86. The van der Waals surface area contributed by atoms with Crippen LogP contribution in [-0.4, -0.2) is 50.0 Å². The van der Waals surface area contributed by atoms with Crippen LogP contribution in [0.1, 0.15) is 18.4 Å². The number of benzene rings is 2. The highest BCUT2D eigenvalue weighted by Crippen LogP contribution is 2.29. The van der Waals surface area contributed by atoms with Gasteiger partial charge in [-0.3, -0.25) is 4.79 Å². The minimum absolute atomic E-state index is 0.0659. The maximum Gasteiger partial charge on any atom is 0.573 e. The molecule has 0 aliphatic carbocycles. The van der Waals surface area contributed by atoms with Gasteiger partial charge in [0.05, 0.1) is 10.8 Å². The molecule has 1 saturated heterocycles. The number of ether oxygens (including phenoxy) is 1. The Morgan fingerprint density at radius 3 is 2.47 bits per heavy atom. The van der Waals surface area contributed by atoms with Crippen molar-refractivity contribution in [1.82, 2.24) is 9.21 Å². The number of rotatable bonds is 6. The number of hydrogen-bond donors (Lipinski definition) is 0. The van der Waals surface area contributed by atoms with Gasteiger partial charge in [0.25, 0.3) is 0 Å². The van der Waals surface area contributed by atoms with Gasteiger partial charge in [-0.05, 0) is 43.2 Å². The molecule has 3 rings (SSSR count). The van der Waals surface area contributed by atoms with Gasteiger partial charge in [0.2, 0.25) is 15.9 Å². The maximum absolute atomic E-state index is 13.1. The molecule has 1 heterocycles. The molecular weight excluding hydrogens is 452 g/mol. The van der Waals surface area contributed by atoms with Gasteiger partial charge >= 0.3 is 6.36 Å². The van der Waals surface area contributed by atoms with Gasteiger partial charge in [-0.2, -0.15) is 4.31 Å². The van der Waals surface area contributed by atoms with Gasteiger partial charge in [-0.15, -0.1) is 13.2 Å². The summed E-state index contributed by atoms with van der Waals surface area (Å²) in [6.07, 6.45) is -3.98. The molecule has 1 amide bonds. The lowest BCUT2D eigenvalue weighted by molar-refractivity contribution is -0.275. The average molecular weight is 474 g/mol. The molecule has 32 heavy (non-hydrogen) atoms. The molecule has 1 aliphatic heterocycles. The third-order valence-corrected chi connectivity index (χ3v) is 7.05. The van der Waals surface area contributed by atoms with Crippen LogP contribution in [0, 0.1) is 11.7 Å². The molecule has 2 aromatic carbocycles. The number of sulfonamides is 1. The Labute approximate surface area is 183 Å². The van der Waals surface area contributed by atoms with Crippen molar-refractivity contribution in [2.45, 2.75) is 30.6 Å². The van der Waals surface area contributed by atoms with Crippen LogP contribution in [0.3, 0.4) is 0 Å². The zero-order valence-corrected chi connectivity index (χ0v) is 18.0. The first kappa shape index (κ1) is 24.0. The molecule has 0 spiro atoms. The summed E-state index contributed by atoms with van der Waals surface area (Å²) < 4.78 is 82.0. The van der Waals surface area contributed by atoms with Crippen molar-refractivity contribution in [3.63, 3.8) is 0 Å². The van der Waals surface area contributed by atoms with E-state index in [-0.39, 0.29) is 36.0 Å². The monoisotopic (exact) mass is 474 g/mol. The lowest BCUT2D eigenvalue weighted by atomic mass is 9.98. The Hall–Kier alpha value is -2.66. The summed E-state index contributed by atoms with van der Waals surface area (Å²) in [4.78, 5) is 14.1. The fourth-order valence-electron chi connectivity index (χ4n) is 3.62. The first-order valence-corrected chi connectivity index (χ1v) is 11.3. The number of nitrogens with zero attached hydrogens (tertiary/aromatic N) is 2. The molecule has 0 aromatic heterocycles. The first-order valence-electron chi connectivity index (χ1n) is 9.82. The Kier molecular flexibility index (Phi) is 7.09. The van der Waals surface area contributed by atoms with Crippen molar-refractivity contribution in [1.29, 1.82) is 0 Å². The van der Waals surface area contributed by atoms with E-state index in [9.17, 15) is 30.8 Å². The highest BCUT2D eigenvalue weighted by Gasteiger charge is 2.35. The number of carbonyl (C=O) groups is 1. The Morgan fingerprint density at radius 2 is 1.81 bits per heavy atom. The summed E-state index contributed by atoms with van der Waals surface area (Å²) in [6.45, 7) is 0.0192.